The molecule has 0 bridgehead atoms. The van der Waals surface area contributed by atoms with Crippen molar-refractivity contribution < 1.29 is 13.2 Å². The summed E-state index contributed by atoms with van der Waals surface area (Å²) in [6, 6.07) is 6.85. The summed E-state index contributed by atoms with van der Waals surface area (Å²) in [6.45, 7) is 3.67. The van der Waals surface area contributed by atoms with E-state index in [1.54, 1.807) is 24.4 Å². The number of sulfone groups is 1. The van der Waals surface area contributed by atoms with Crippen molar-refractivity contribution in [2.45, 2.75) is 42.2 Å². The van der Waals surface area contributed by atoms with Crippen molar-refractivity contribution in [3.63, 3.8) is 0 Å². The maximum Gasteiger partial charge on any atom is 0.270 e. The summed E-state index contributed by atoms with van der Waals surface area (Å²) in [4.78, 5) is 16.8. The van der Waals surface area contributed by atoms with Crippen molar-refractivity contribution >= 4 is 27.1 Å². The van der Waals surface area contributed by atoms with Crippen LogP contribution in [-0.2, 0) is 16.3 Å². The number of aromatic nitrogens is 1. The van der Waals surface area contributed by atoms with Crippen LogP contribution in [0.15, 0.2) is 33.9 Å². The van der Waals surface area contributed by atoms with Crippen LogP contribution in [-0.4, -0.2) is 24.6 Å². The summed E-state index contributed by atoms with van der Waals surface area (Å²) in [6.07, 6.45) is 1.14. The molecule has 0 radical (unpaired) electrons. The Morgan fingerprint density at radius 3 is 2.91 bits per heavy atom. The lowest BCUT2D eigenvalue weighted by molar-refractivity contribution is 0.0928. The van der Waals surface area contributed by atoms with Crippen LogP contribution in [0.1, 0.15) is 48.1 Å². The molecule has 0 unspecified atom stereocenters. The number of carbonyl (C=O) groups is 1. The standard InChI is InChI=1S/C16H18N2O3S2/c1-3-11-5-4-6-13(17-11)15(19)18-14-9-10(2)23(20,21)16-12(14)7-8-22-16/h4-8,10,14H,3,9H2,1-2H3,(H,18,19)/t10-,14-/m0/s1. The molecule has 1 N–H and O–H groups in total. The highest BCUT2D eigenvalue weighted by Gasteiger charge is 2.38. The van der Waals surface area contributed by atoms with E-state index in [4.69, 9.17) is 0 Å². The molecule has 5 nitrogen and oxygen atoms in total. The predicted molar refractivity (Wildman–Crippen MR) is 89.4 cm³/mol. The van der Waals surface area contributed by atoms with E-state index < -0.39 is 15.1 Å². The van der Waals surface area contributed by atoms with Crippen LogP contribution in [0, 0.1) is 0 Å². The van der Waals surface area contributed by atoms with Gasteiger partial charge in [0, 0.05) is 11.3 Å². The first-order chi connectivity index (χ1) is 10.9. The first-order valence-electron chi connectivity index (χ1n) is 7.51. The normalized spacial score (nSPS) is 22.3. The van der Waals surface area contributed by atoms with Gasteiger partial charge in [0.1, 0.15) is 9.90 Å². The van der Waals surface area contributed by atoms with Crippen molar-refractivity contribution in [2.24, 2.45) is 0 Å². The number of thiophene rings is 1. The number of rotatable bonds is 3. The number of pyridine rings is 1. The van der Waals surface area contributed by atoms with E-state index in [2.05, 4.69) is 10.3 Å². The quantitative estimate of drug-likeness (QED) is 0.923. The summed E-state index contributed by atoms with van der Waals surface area (Å²) in [7, 11) is -3.27. The first-order valence-corrected chi connectivity index (χ1v) is 9.94. The lowest BCUT2D eigenvalue weighted by Crippen LogP contribution is -2.36. The van der Waals surface area contributed by atoms with E-state index in [1.807, 2.05) is 19.1 Å². The molecule has 7 heteroatoms. The minimum absolute atomic E-state index is 0.269. The molecule has 1 aliphatic rings. The van der Waals surface area contributed by atoms with Crippen molar-refractivity contribution in [3.05, 3.63) is 46.6 Å². The second-order valence-corrected chi connectivity index (χ2v) is 9.13. The average Bonchev–Trinajstić information content (AvgIpc) is 3.03. The third-order valence-corrected chi connectivity index (χ3v) is 7.81. The third-order valence-electron chi connectivity index (χ3n) is 4.10. The fourth-order valence-electron chi connectivity index (χ4n) is 2.74. The number of hydrogen-bond donors (Lipinski definition) is 1. The Morgan fingerprint density at radius 2 is 2.17 bits per heavy atom. The topological polar surface area (TPSA) is 76.1 Å². The zero-order valence-corrected chi connectivity index (χ0v) is 14.6. The average molecular weight is 350 g/mol. The van der Waals surface area contributed by atoms with Gasteiger partial charge in [-0.3, -0.25) is 4.79 Å². The highest BCUT2D eigenvalue weighted by atomic mass is 32.2. The Labute approximate surface area is 139 Å². The Kier molecular flexibility index (Phi) is 4.25. The lowest BCUT2D eigenvalue weighted by atomic mass is 10.0. The molecule has 3 heterocycles. The number of fused-ring (bicyclic) bond motifs is 1. The predicted octanol–water partition coefficient (Wildman–Crippen LogP) is 2.74. The molecule has 0 aromatic carbocycles. The Bertz CT molecular complexity index is 843. The molecule has 2 aromatic heterocycles. The molecular formula is C16H18N2O3S2. The molecule has 0 saturated heterocycles. The van der Waals surface area contributed by atoms with E-state index in [-0.39, 0.29) is 11.9 Å². The highest BCUT2D eigenvalue weighted by Crippen LogP contribution is 2.39. The molecule has 0 aliphatic carbocycles. The fraction of sp³-hybridized carbons (Fsp3) is 0.375. The molecule has 2 aromatic rings. The first kappa shape index (κ1) is 16.1. The molecule has 2 atom stereocenters. The molecule has 3 rings (SSSR count). The van der Waals surface area contributed by atoms with E-state index in [9.17, 15) is 13.2 Å². The smallest absolute Gasteiger partial charge is 0.270 e. The molecule has 0 fully saturated rings. The fourth-order valence-corrected chi connectivity index (χ4v) is 5.97. The number of hydrogen-bond acceptors (Lipinski definition) is 5. The van der Waals surface area contributed by atoms with Gasteiger partial charge >= 0.3 is 0 Å². The Balaban J connectivity index is 1.87. The van der Waals surface area contributed by atoms with Crippen LogP contribution >= 0.6 is 11.3 Å². The van der Waals surface area contributed by atoms with Gasteiger partial charge in [0.25, 0.3) is 5.91 Å². The van der Waals surface area contributed by atoms with Crippen LogP contribution < -0.4 is 5.32 Å². The number of carbonyl (C=O) groups excluding carboxylic acids is 1. The van der Waals surface area contributed by atoms with Gasteiger partial charge < -0.3 is 5.32 Å². The van der Waals surface area contributed by atoms with Crippen molar-refractivity contribution in [1.29, 1.82) is 0 Å². The molecule has 23 heavy (non-hydrogen) atoms. The van der Waals surface area contributed by atoms with E-state index in [0.717, 1.165) is 12.1 Å². The third kappa shape index (κ3) is 2.90. The molecule has 122 valence electrons. The summed E-state index contributed by atoms with van der Waals surface area (Å²) in [5.74, 6) is -0.269. The van der Waals surface area contributed by atoms with E-state index >= 15 is 0 Å². The number of amides is 1. The monoisotopic (exact) mass is 350 g/mol. The van der Waals surface area contributed by atoms with Crippen LogP contribution in [0.3, 0.4) is 0 Å². The zero-order chi connectivity index (χ0) is 16.6. The zero-order valence-electron chi connectivity index (χ0n) is 12.9. The minimum atomic E-state index is -3.27. The van der Waals surface area contributed by atoms with Gasteiger partial charge in [-0.25, -0.2) is 13.4 Å². The van der Waals surface area contributed by atoms with Gasteiger partial charge in [-0.15, -0.1) is 11.3 Å². The van der Waals surface area contributed by atoms with Crippen LogP contribution in [0.4, 0.5) is 0 Å². The van der Waals surface area contributed by atoms with Crippen LogP contribution in [0.25, 0.3) is 0 Å². The highest BCUT2D eigenvalue weighted by molar-refractivity contribution is 7.94. The van der Waals surface area contributed by atoms with Crippen molar-refractivity contribution in [3.8, 4) is 0 Å². The molecule has 0 saturated carbocycles. The van der Waals surface area contributed by atoms with E-state index in [0.29, 0.717) is 21.9 Å². The summed E-state index contributed by atoms with van der Waals surface area (Å²) in [5.41, 5.74) is 1.91. The second kappa shape index (κ2) is 6.05. The Morgan fingerprint density at radius 1 is 1.39 bits per heavy atom. The van der Waals surface area contributed by atoms with E-state index in [1.165, 1.54) is 11.3 Å². The van der Waals surface area contributed by atoms with Crippen molar-refractivity contribution in [2.75, 3.05) is 0 Å². The van der Waals surface area contributed by atoms with Crippen molar-refractivity contribution in [1.82, 2.24) is 10.3 Å². The van der Waals surface area contributed by atoms with Gasteiger partial charge in [-0.2, -0.15) is 0 Å². The summed E-state index contributed by atoms with van der Waals surface area (Å²) >= 11 is 1.21. The number of nitrogens with zero attached hydrogens (tertiary/aromatic N) is 1. The molecule has 1 aliphatic heterocycles. The van der Waals surface area contributed by atoms with Gasteiger partial charge in [0.05, 0.1) is 11.3 Å². The van der Waals surface area contributed by atoms with Gasteiger partial charge in [-0.05, 0) is 43.3 Å². The van der Waals surface area contributed by atoms with Gasteiger partial charge in [-0.1, -0.05) is 13.0 Å². The van der Waals surface area contributed by atoms with Crippen LogP contribution in [0.2, 0.25) is 0 Å². The Hall–Kier alpha value is -1.73. The number of aryl methyl sites for hydroxylation is 1. The maximum absolute atomic E-state index is 12.5. The SMILES string of the molecule is CCc1cccc(C(=O)N[C@H]2C[C@H](C)S(=O)(=O)c3sccc32)n1. The lowest BCUT2D eigenvalue weighted by Gasteiger charge is -2.27. The molecule has 1 amide bonds. The van der Waals surface area contributed by atoms with Gasteiger partial charge in [0.15, 0.2) is 9.84 Å². The largest absolute Gasteiger partial charge is 0.344 e. The summed E-state index contributed by atoms with van der Waals surface area (Å²) in [5, 5.41) is 4.19. The second-order valence-electron chi connectivity index (χ2n) is 5.65. The minimum Gasteiger partial charge on any atom is -0.344 e. The van der Waals surface area contributed by atoms with Crippen LogP contribution in [0.5, 0.6) is 0 Å². The summed E-state index contributed by atoms with van der Waals surface area (Å²) < 4.78 is 25.0. The van der Waals surface area contributed by atoms with Gasteiger partial charge in [0.2, 0.25) is 0 Å². The number of nitrogens with one attached hydrogen (secondary N) is 1. The molecule has 0 spiro atoms. The molecular weight excluding hydrogens is 332 g/mol. The maximum atomic E-state index is 12.5.